The first kappa shape index (κ1) is 17.7. The van der Waals surface area contributed by atoms with Gasteiger partial charge in [0.25, 0.3) is 0 Å². The molecule has 1 aromatic carbocycles. The summed E-state index contributed by atoms with van der Waals surface area (Å²) in [7, 11) is 0. The van der Waals surface area contributed by atoms with Crippen LogP contribution < -0.4 is 10.2 Å². The van der Waals surface area contributed by atoms with Crippen LogP contribution >= 0.6 is 0 Å². The maximum absolute atomic E-state index is 12.0. The third-order valence-corrected chi connectivity index (χ3v) is 4.91. The zero-order valence-corrected chi connectivity index (χ0v) is 14.2. The van der Waals surface area contributed by atoms with Crippen molar-refractivity contribution in [3.8, 4) is 0 Å². The summed E-state index contributed by atoms with van der Waals surface area (Å²) in [6.45, 7) is 2.12. The quantitative estimate of drug-likeness (QED) is 0.758. The van der Waals surface area contributed by atoms with Crippen molar-refractivity contribution < 1.29 is 24.5 Å². The van der Waals surface area contributed by atoms with Gasteiger partial charge in [0.1, 0.15) is 6.10 Å². The predicted molar refractivity (Wildman–Crippen MR) is 91.3 cm³/mol. The molecule has 1 unspecified atom stereocenters. The van der Waals surface area contributed by atoms with Gasteiger partial charge in [-0.2, -0.15) is 0 Å². The number of carbonyl (C=O) groups excluding carboxylic acids is 2. The van der Waals surface area contributed by atoms with Crippen molar-refractivity contribution in [3.63, 3.8) is 0 Å². The van der Waals surface area contributed by atoms with Crippen molar-refractivity contribution in [3.05, 3.63) is 29.8 Å². The lowest BCUT2D eigenvalue weighted by atomic mass is 9.81. The van der Waals surface area contributed by atoms with E-state index in [9.17, 15) is 19.8 Å². The Kier molecular flexibility index (Phi) is 5.24. The van der Waals surface area contributed by atoms with Crippen LogP contribution in [0.5, 0.6) is 0 Å². The molecular weight excluding hydrogens is 324 g/mol. The van der Waals surface area contributed by atoms with Crippen LogP contribution in [0, 0.1) is 0 Å². The molecule has 1 saturated carbocycles. The highest BCUT2D eigenvalue weighted by atomic mass is 16.6. The third kappa shape index (κ3) is 4.11. The lowest BCUT2D eigenvalue weighted by molar-refractivity contribution is -0.119. The molecular formula is C18H24N2O5. The molecule has 1 aromatic rings. The fourth-order valence-corrected chi connectivity index (χ4v) is 3.46. The SMILES string of the molecule is CC(=O)NC[C@H]1CN(c2ccc(C3CC[C@@H](O)[C@@H](O)C3)cc2)C(=O)O1. The molecule has 7 nitrogen and oxygen atoms in total. The number of cyclic esters (lactones) is 1. The summed E-state index contributed by atoms with van der Waals surface area (Å²) in [5.41, 5.74) is 1.84. The molecule has 1 aliphatic heterocycles. The van der Waals surface area contributed by atoms with Gasteiger partial charge >= 0.3 is 6.09 Å². The van der Waals surface area contributed by atoms with Crippen molar-refractivity contribution in [2.24, 2.45) is 0 Å². The van der Waals surface area contributed by atoms with E-state index in [2.05, 4.69) is 5.32 Å². The molecule has 2 aliphatic rings. The van der Waals surface area contributed by atoms with E-state index >= 15 is 0 Å². The van der Waals surface area contributed by atoms with Crippen LogP contribution in [0.1, 0.15) is 37.7 Å². The van der Waals surface area contributed by atoms with E-state index in [0.717, 1.165) is 17.7 Å². The highest BCUT2D eigenvalue weighted by molar-refractivity contribution is 5.89. The average Bonchev–Trinajstić information content (AvgIpc) is 2.96. The number of aliphatic hydroxyl groups excluding tert-OH is 2. The zero-order chi connectivity index (χ0) is 18.0. The van der Waals surface area contributed by atoms with E-state index in [1.807, 2.05) is 24.3 Å². The number of benzene rings is 1. The van der Waals surface area contributed by atoms with Crippen molar-refractivity contribution in [1.82, 2.24) is 5.32 Å². The number of nitrogens with one attached hydrogen (secondary N) is 1. The molecule has 1 saturated heterocycles. The van der Waals surface area contributed by atoms with Gasteiger partial charge in [0.15, 0.2) is 0 Å². The number of carbonyl (C=O) groups is 2. The van der Waals surface area contributed by atoms with Crippen LogP contribution in [0.3, 0.4) is 0 Å². The van der Waals surface area contributed by atoms with Gasteiger partial charge in [-0.25, -0.2) is 4.79 Å². The number of hydrogen-bond acceptors (Lipinski definition) is 5. The summed E-state index contributed by atoms with van der Waals surface area (Å²) in [5, 5.41) is 22.1. The number of rotatable bonds is 4. The van der Waals surface area contributed by atoms with E-state index in [0.29, 0.717) is 25.9 Å². The first-order valence-corrected chi connectivity index (χ1v) is 8.62. The number of aliphatic hydroxyl groups is 2. The first-order valence-electron chi connectivity index (χ1n) is 8.62. The Hall–Kier alpha value is -2.12. The molecule has 7 heteroatoms. The lowest BCUT2D eigenvalue weighted by Crippen LogP contribution is -2.33. The van der Waals surface area contributed by atoms with Crippen molar-refractivity contribution in [2.75, 3.05) is 18.0 Å². The molecule has 0 aromatic heterocycles. The lowest BCUT2D eigenvalue weighted by Gasteiger charge is -2.30. The average molecular weight is 348 g/mol. The fourth-order valence-electron chi connectivity index (χ4n) is 3.46. The normalized spacial score (nSPS) is 29.4. The van der Waals surface area contributed by atoms with Gasteiger partial charge in [-0.1, -0.05) is 12.1 Å². The minimum atomic E-state index is -0.679. The van der Waals surface area contributed by atoms with Crippen LogP contribution in [0.2, 0.25) is 0 Å². The third-order valence-electron chi connectivity index (χ3n) is 4.91. The van der Waals surface area contributed by atoms with E-state index in [4.69, 9.17) is 4.74 Å². The molecule has 0 radical (unpaired) electrons. The molecule has 3 rings (SSSR count). The van der Waals surface area contributed by atoms with Gasteiger partial charge in [0, 0.05) is 12.6 Å². The summed E-state index contributed by atoms with van der Waals surface area (Å²) in [6, 6.07) is 7.65. The number of hydrogen-bond donors (Lipinski definition) is 3. The molecule has 0 spiro atoms. The summed E-state index contributed by atoms with van der Waals surface area (Å²) in [4.78, 5) is 24.5. The minimum Gasteiger partial charge on any atom is -0.442 e. The first-order chi connectivity index (χ1) is 11.9. The van der Waals surface area contributed by atoms with Crippen molar-refractivity contribution in [1.29, 1.82) is 0 Å². The molecule has 4 atom stereocenters. The summed E-state index contributed by atoms with van der Waals surface area (Å²) in [5.74, 6) is 0.0594. The molecule has 3 N–H and O–H groups in total. The molecule has 2 amide bonds. The number of amides is 2. The van der Waals surface area contributed by atoms with Crippen LogP contribution in [-0.4, -0.2) is 53.6 Å². The molecule has 136 valence electrons. The Morgan fingerprint density at radius 1 is 1.24 bits per heavy atom. The second-order valence-corrected chi connectivity index (χ2v) is 6.79. The Bertz CT molecular complexity index is 633. The Labute approximate surface area is 146 Å². The molecule has 2 fully saturated rings. The number of anilines is 1. The summed E-state index contributed by atoms with van der Waals surface area (Å²) < 4.78 is 5.26. The Morgan fingerprint density at radius 3 is 2.60 bits per heavy atom. The maximum Gasteiger partial charge on any atom is 0.414 e. The van der Waals surface area contributed by atoms with Crippen LogP contribution in [0.25, 0.3) is 0 Å². The number of ether oxygens (including phenoxy) is 1. The second kappa shape index (κ2) is 7.41. The monoisotopic (exact) mass is 348 g/mol. The van der Waals surface area contributed by atoms with Crippen LogP contribution in [-0.2, 0) is 9.53 Å². The zero-order valence-electron chi connectivity index (χ0n) is 14.2. The molecule has 25 heavy (non-hydrogen) atoms. The Balaban J connectivity index is 1.62. The van der Waals surface area contributed by atoms with Crippen LogP contribution in [0.15, 0.2) is 24.3 Å². The minimum absolute atomic E-state index is 0.154. The topological polar surface area (TPSA) is 99.1 Å². The van der Waals surface area contributed by atoms with Gasteiger partial charge in [-0.05, 0) is 42.9 Å². The highest BCUT2D eigenvalue weighted by Crippen LogP contribution is 2.34. The van der Waals surface area contributed by atoms with Gasteiger partial charge in [0.2, 0.25) is 5.91 Å². The fraction of sp³-hybridized carbons (Fsp3) is 0.556. The van der Waals surface area contributed by atoms with Crippen molar-refractivity contribution in [2.45, 2.75) is 50.4 Å². The standard InChI is InChI=1S/C18H24N2O5/c1-11(21)19-9-15-10-20(18(24)25-15)14-5-2-12(3-6-14)13-4-7-16(22)17(23)8-13/h2-3,5-6,13,15-17,22-23H,4,7-10H2,1H3,(H,19,21)/t13?,15-,16+,17-/m0/s1. The largest absolute Gasteiger partial charge is 0.442 e. The second-order valence-electron chi connectivity index (χ2n) is 6.79. The van der Waals surface area contributed by atoms with E-state index in [1.54, 1.807) is 4.90 Å². The van der Waals surface area contributed by atoms with E-state index in [-0.39, 0.29) is 17.9 Å². The highest BCUT2D eigenvalue weighted by Gasteiger charge is 2.33. The predicted octanol–water partition coefficient (Wildman–Crippen LogP) is 1.14. The summed E-state index contributed by atoms with van der Waals surface area (Å²) >= 11 is 0. The van der Waals surface area contributed by atoms with Gasteiger partial charge in [-0.15, -0.1) is 0 Å². The molecule has 1 aliphatic carbocycles. The van der Waals surface area contributed by atoms with Crippen molar-refractivity contribution >= 4 is 17.7 Å². The van der Waals surface area contributed by atoms with Gasteiger partial charge in [-0.3, -0.25) is 9.69 Å². The molecule has 1 heterocycles. The Morgan fingerprint density at radius 2 is 1.96 bits per heavy atom. The number of nitrogens with zero attached hydrogens (tertiary/aromatic N) is 1. The van der Waals surface area contributed by atoms with Gasteiger partial charge in [0.05, 0.1) is 25.3 Å². The summed E-state index contributed by atoms with van der Waals surface area (Å²) in [6.07, 6.45) is -0.105. The maximum atomic E-state index is 12.0. The smallest absolute Gasteiger partial charge is 0.414 e. The van der Waals surface area contributed by atoms with E-state index in [1.165, 1.54) is 6.92 Å². The van der Waals surface area contributed by atoms with Crippen LogP contribution in [0.4, 0.5) is 10.5 Å². The van der Waals surface area contributed by atoms with Gasteiger partial charge < -0.3 is 20.3 Å². The molecule has 0 bridgehead atoms. The van der Waals surface area contributed by atoms with E-state index < -0.39 is 18.3 Å².